The smallest absolute Gasteiger partial charge is 0.325 e. The zero-order valence-electron chi connectivity index (χ0n) is 10.6. The molecule has 0 unspecified atom stereocenters. The molecule has 0 aliphatic carbocycles. The summed E-state index contributed by atoms with van der Waals surface area (Å²) in [5.41, 5.74) is 3.57. The number of hydrogen-bond acceptors (Lipinski definition) is 3. The van der Waals surface area contributed by atoms with Crippen LogP contribution in [0.15, 0.2) is 30.3 Å². The van der Waals surface area contributed by atoms with E-state index in [-0.39, 0.29) is 23.0 Å². The molecule has 3 nitrogen and oxygen atoms in total. The highest BCUT2D eigenvalue weighted by Gasteiger charge is 2.18. The van der Waals surface area contributed by atoms with E-state index in [2.05, 4.69) is 19.1 Å². The highest BCUT2D eigenvalue weighted by molar-refractivity contribution is 5.83. The first-order chi connectivity index (χ1) is 8.22. The van der Waals surface area contributed by atoms with E-state index < -0.39 is 0 Å². The zero-order chi connectivity index (χ0) is 12.3. The van der Waals surface area contributed by atoms with Crippen LogP contribution in [0.25, 0.3) is 5.57 Å². The lowest BCUT2D eigenvalue weighted by Gasteiger charge is -2.29. The first-order valence-electron chi connectivity index (χ1n) is 5.89. The number of anilines is 1. The monoisotopic (exact) mass is 310 g/mol. The molecular formula is C14H17BrNO2-. The summed E-state index contributed by atoms with van der Waals surface area (Å²) < 4.78 is 4.99. The molecule has 1 aliphatic rings. The molecule has 0 N–H and O–H groups in total. The Hall–Kier alpha value is -1.29. The van der Waals surface area contributed by atoms with Gasteiger partial charge in [0.25, 0.3) is 0 Å². The fourth-order valence-corrected chi connectivity index (χ4v) is 2.05. The molecular weight excluding hydrogens is 294 g/mol. The standard InChI is InChI=1S/C14H17NO2.BrH/c1-3-17-14(16)10-15-9-8-11(2)12-6-4-5-7-13(12)15;/h4-8H,3,9-10H2,1-2H3;1H/p-1. The number of fused-ring (bicyclic) bond motifs is 1. The summed E-state index contributed by atoms with van der Waals surface area (Å²) in [5.74, 6) is -0.171. The Morgan fingerprint density at radius 1 is 1.39 bits per heavy atom. The number of carbonyl (C=O) groups excluding carboxylic acids is 1. The summed E-state index contributed by atoms with van der Waals surface area (Å²) >= 11 is 0. The molecule has 2 rings (SSSR count). The minimum Gasteiger partial charge on any atom is -1.00 e. The van der Waals surface area contributed by atoms with Crippen LogP contribution in [-0.4, -0.2) is 25.7 Å². The van der Waals surface area contributed by atoms with Gasteiger partial charge in [-0.1, -0.05) is 24.3 Å². The molecule has 98 valence electrons. The SMILES string of the molecule is CCOC(=O)CN1CC=C(C)c2ccccc21.[Br-]. The van der Waals surface area contributed by atoms with Gasteiger partial charge in [-0.15, -0.1) is 0 Å². The molecule has 4 heteroatoms. The summed E-state index contributed by atoms with van der Waals surface area (Å²) in [6.07, 6.45) is 2.14. The van der Waals surface area contributed by atoms with Gasteiger partial charge < -0.3 is 26.6 Å². The number of ether oxygens (including phenoxy) is 1. The third-order valence-corrected chi connectivity index (χ3v) is 2.91. The number of halogens is 1. The van der Waals surface area contributed by atoms with Gasteiger partial charge in [-0.25, -0.2) is 0 Å². The van der Waals surface area contributed by atoms with Gasteiger partial charge in [-0.3, -0.25) is 4.79 Å². The molecule has 0 aromatic heterocycles. The number of allylic oxidation sites excluding steroid dienone is 1. The Morgan fingerprint density at radius 2 is 2.11 bits per heavy atom. The lowest BCUT2D eigenvalue weighted by Crippen LogP contribution is -3.00. The number of esters is 1. The molecule has 0 saturated heterocycles. The Kier molecular flexibility index (Phi) is 5.41. The number of rotatable bonds is 3. The van der Waals surface area contributed by atoms with Gasteiger partial charge >= 0.3 is 5.97 Å². The molecule has 0 spiro atoms. The van der Waals surface area contributed by atoms with E-state index in [0.29, 0.717) is 13.2 Å². The molecule has 1 heterocycles. The van der Waals surface area contributed by atoms with Gasteiger partial charge in [0.1, 0.15) is 6.54 Å². The predicted molar refractivity (Wildman–Crippen MR) is 68.9 cm³/mol. The number of nitrogens with zero attached hydrogens (tertiary/aromatic N) is 1. The van der Waals surface area contributed by atoms with Crippen molar-refractivity contribution in [3.8, 4) is 0 Å². The van der Waals surface area contributed by atoms with Crippen LogP contribution in [0, 0.1) is 0 Å². The van der Waals surface area contributed by atoms with Crippen molar-refractivity contribution in [3.05, 3.63) is 35.9 Å². The van der Waals surface area contributed by atoms with Gasteiger partial charge in [-0.05, 0) is 25.5 Å². The fraction of sp³-hybridized carbons (Fsp3) is 0.357. The van der Waals surface area contributed by atoms with Crippen molar-refractivity contribution in [2.45, 2.75) is 13.8 Å². The summed E-state index contributed by atoms with van der Waals surface area (Å²) in [5, 5.41) is 0. The van der Waals surface area contributed by atoms with E-state index in [1.165, 1.54) is 11.1 Å². The Balaban J connectivity index is 0.00000162. The first kappa shape index (κ1) is 14.8. The number of benzene rings is 1. The first-order valence-corrected chi connectivity index (χ1v) is 5.89. The van der Waals surface area contributed by atoms with Crippen LogP contribution >= 0.6 is 0 Å². The molecule has 0 radical (unpaired) electrons. The van der Waals surface area contributed by atoms with Crippen LogP contribution in [-0.2, 0) is 9.53 Å². The molecule has 0 bridgehead atoms. The van der Waals surface area contributed by atoms with E-state index in [9.17, 15) is 4.79 Å². The largest absolute Gasteiger partial charge is 1.00 e. The molecule has 1 aromatic carbocycles. The highest BCUT2D eigenvalue weighted by Crippen LogP contribution is 2.30. The Morgan fingerprint density at radius 3 is 2.83 bits per heavy atom. The fourth-order valence-electron chi connectivity index (χ4n) is 2.05. The van der Waals surface area contributed by atoms with Gasteiger partial charge in [0, 0.05) is 17.8 Å². The molecule has 0 amide bonds. The second-order valence-electron chi connectivity index (χ2n) is 4.09. The van der Waals surface area contributed by atoms with Crippen LogP contribution in [0.1, 0.15) is 19.4 Å². The summed E-state index contributed by atoms with van der Waals surface area (Å²) in [7, 11) is 0. The zero-order valence-corrected chi connectivity index (χ0v) is 12.2. The van der Waals surface area contributed by atoms with Crippen molar-refractivity contribution >= 4 is 17.2 Å². The van der Waals surface area contributed by atoms with Gasteiger partial charge in [0.2, 0.25) is 0 Å². The lowest BCUT2D eigenvalue weighted by atomic mass is 10.0. The Labute approximate surface area is 118 Å². The summed E-state index contributed by atoms with van der Waals surface area (Å²) in [6, 6.07) is 8.14. The topological polar surface area (TPSA) is 29.5 Å². The van der Waals surface area contributed by atoms with Crippen molar-refractivity contribution in [3.63, 3.8) is 0 Å². The van der Waals surface area contributed by atoms with Crippen LogP contribution in [0.2, 0.25) is 0 Å². The third-order valence-electron chi connectivity index (χ3n) is 2.91. The van der Waals surface area contributed by atoms with Crippen molar-refractivity contribution in [2.75, 3.05) is 24.6 Å². The summed E-state index contributed by atoms with van der Waals surface area (Å²) in [4.78, 5) is 13.6. The van der Waals surface area contributed by atoms with E-state index >= 15 is 0 Å². The van der Waals surface area contributed by atoms with E-state index in [1.807, 2.05) is 30.0 Å². The van der Waals surface area contributed by atoms with Gasteiger partial charge in [0.15, 0.2) is 0 Å². The third kappa shape index (κ3) is 3.13. The quantitative estimate of drug-likeness (QED) is 0.704. The van der Waals surface area contributed by atoms with Crippen molar-refractivity contribution in [1.29, 1.82) is 0 Å². The second-order valence-corrected chi connectivity index (χ2v) is 4.09. The van der Waals surface area contributed by atoms with Crippen LogP contribution in [0.5, 0.6) is 0 Å². The van der Waals surface area contributed by atoms with Crippen molar-refractivity contribution in [1.82, 2.24) is 0 Å². The average Bonchev–Trinajstić information content (AvgIpc) is 2.34. The molecule has 18 heavy (non-hydrogen) atoms. The molecule has 1 aromatic rings. The molecule has 0 fully saturated rings. The average molecular weight is 311 g/mol. The van der Waals surface area contributed by atoms with E-state index in [1.54, 1.807) is 0 Å². The maximum atomic E-state index is 11.5. The number of hydrogen-bond donors (Lipinski definition) is 0. The normalized spacial score (nSPS) is 13.2. The summed E-state index contributed by atoms with van der Waals surface area (Å²) in [6.45, 7) is 5.44. The van der Waals surface area contributed by atoms with Crippen molar-refractivity contribution < 1.29 is 26.5 Å². The number of para-hydroxylation sites is 1. The molecule has 1 aliphatic heterocycles. The minimum atomic E-state index is -0.171. The second kappa shape index (κ2) is 6.59. The van der Waals surface area contributed by atoms with Crippen LogP contribution < -0.4 is 21.9 Å². The van der Waals surface area contributed by atoms with Gasteiger partial charge in [0.05, 0.1) is 6.61 Å². The minimum absolute atomic E-state index is 0. The van der Waals surface area contributed by atoms with Crippen LogP contribution in [0.4, 0.5) is 5.69 Å². The molecule has 0 atom stereocenters. The van der Waals surface area contributed by atoms with Gasteiger partial charge in [-0.2, -0.15) is 0 Å². The van der Waals surface area contributed by atoms with Crippen molar-refractivity contribution in [2.24, 2.45) is 0 Å². The predicted octanol–water partition coefficient (Wildman–Crippen LogP) is -0.523. The lowest BCUT2D eigenvalue weighted by molar-refractivity contribution is -0.141. The Bertz CT molecular complexity index is 457. The maximum absolute atomic E-state index is 11.5. The van der Waals surface area contributed by atoms with E-state index in [4.69, 9.17) is 4.74 Å². The molecule has 0 saturated carbocycles. The highest BCUT2D eigenvalue weighted by atomic mass is 79.9. The maximum Gasteiger partial charge on any atom is 0.325 e. The number of carbonyl (C=O) groups is 1. The van der Waals surface area contributed by atoms with Crippen LogP contribution in [0.3, 0.4) is 0 Å². The van der Waals surface area contributed by atoms with E-state index in [0.717, 1.165) is 12.2 Å².